The highest BCUT2D eigenvalue weighted by atomic mass is 79.9. The smallest absolute Gasteiger partial charge is 0.224 e. The molecule has 2 N–H and O–H groups in total. The monoisotopic (exact) mass is 374 g/mol. The van der Waals surface area contributed by atoms with Crippen LogP contribution in [0.5, 0.6) is 0 Å². The number of hydrogen-bond acceptors (Lipinski definition) is 2. The molecule has 1 unspecified atom stereocenters. The van der Waals surface area contributed by atoms with Crippen LogP contribution in [0.25, 0.3) is 0 Å². The number of hydrogen-bond donors (Lipinski definition) is 2. The molecule has 1 amide bonds. The first kappa shape index (κ1) is 18.5. The van der Waals surface area contributed by atoms with Crippen LogP contribution in [0, 0.1) is 5.92 Å². The maximum Gasteiger partial charge on any atom is 0.224 e. The second-order valence-electron chi connectivity index (χ2n) is 6.22. The van der Waals surface area contributed by atoms with E-state index in [4.69, 9.17) is 0 Å². The lowest BCUT2D eigenvalue weighted by Gasteiger charge is -2.30. The van der Waals surface area contributed by atoms with E-state index in [1.54, 1.807) is 0 Å². The molecular formula is C16H24BrClN2O. The van der Waals surface area contributed by atoms with Gasteiger partial charge in [-0.3, -0.25) is 4.79 Å². The molecule has 0 radical (unpaired) electrons. The van der Waals surface area contributed by atoms with Gasteiger partial charge in [-0.15, -0.1) is 12.4 Å². The van der Waals surface area contributed by atoms with Crippen molar-refractivity contribution in [3.8, 4) is 0 Å². The standard InChI is InChI=1S/C16H23BrN2O.ClH/c1-16(2,10-12-5-7-14(17)8-6-12)19-15(20)13-4-3-9-18-11-13;/h5-8,13,18H,3-4,9-11H2,1-2H3,(H,19,20);1H. The van der Waals surface area contributed by atoms with Crippen LogP contribution < -0.4 is 10.6 Å². The van der Waals surface area contributed by atoms with Crippen LogP contribution in [0.1, 0.15) is 32.3 Å². The Balaban J connectivity index is 0.00000220. The summed E-state index contributed by atoms with van der Waals surface area (Å²) >= 11 is 3.44. The van der Waals surface area contributed by atoms with Crippen molar-refractivity contribution in [2.45, 2.75) is 38.6 Å². The van der Waals surface area contributed by atoms with Crippen molar-refractivity contribution in [1.29, 1.82) is 0 Å². The van der Waals surface area contributed by atoms with E-state index in [0.717, 1.165) is 36.8 Å². The SMILES string of the molecule is CC(C)(Cc1ccc(Br)cc1)NC(=O)C1CCCNC1.Cl. The summed E-state index contributed by atoms with van der Waals surface area (Å²) in [5, 5.41) is 6.49. The highest BCUT2D eigenvalue weighted by Gasteiger charge is 2.27. The Morgan fingerprint density at radius 1 is 1.38 bits per heavy atom. The first-order valence-electron chi connectivity index (χ1n) is 7.23. The van der Waals surface area contributed by atoms with Crippen LogP contribution in [0.15, 0.2) is 28.7 Å². The summed E-state index contributed by atoms with van der Waals surface area (Å²) in [6, 6.07) is 8.27. The van der Waals surface area contributed by atoms with Crippen molar-refractivity contribution in [1.82, 2.24) is 10.6 Å². The third kappa shape index (κ3) is 5.97. The Kier molecular flexibility index (Phi) is 7.17. The number of halogens is 2. The first-order valence-corrected chi connectivity index (χ1v) is 8.03. The summed E-state index contributed by atoms with van der Waals surface area (Å²) in [6.45, 7) is 6.01. The van der Waals surface area contributed by atoms with E-state index in [1.807, 2.05) is 12.1 Å². The molecule has 1 atom stereocenters. The minimum Gasteiger partial charge on any atom is -0.351 e. The molecule has 0 aliphatic carbocycles. The van der Waals surface area contributed by atoms with Crippen LogP contribution in [-0.4, -0.2) is 24.5 Å². The van der Waals surface area contributed by atoms with Gasteiger partial charge in [-0.05, 0) is 57.4 Å². The van der Waals surface area contributed by atoms with Gasteiger partial charge < -0.3 is 10.6 Å². The molecule has 1 aliphatic heterocycles. The van der Waals surface area contributed by atoms with Gasteiger partial charge in [0.2, 0.25) is 5.91 Å². The fourth-order valence-corrected chi connectivity index (χ4v) is 2.93. The van der Waals surface area contributed by atoms with Gasteiger partial charge in [0, 0.05) is 16.6 Å². The molecule has 21 heavy (non-hydrogen) atoms. The van der Waals surface area contributed by atoms with Gasteiger partial charge in [0.25, 0.3) is 0 Å². The molecule has 118 valence electrons. The number of carbonyl (C=O) groups is 1. The Morgan fingerprint density at radius 2 is 2.05 bits per heavy atom. The summed E-state index contributed by atoms with van der Waals surface area (Å²) in [5.41, 5.74) is 1.02. The molecule has 1 aliphatic rings. The van der Waals surface area contributed by atoms with Crippen molar-refractivity contribution < 1.29 is 4.79 Å². The predicted molar refractivity (Wildman–Crippen MR) is 92.9 cm³/mol. The van der Waals surface area contributed by atoms with Gasteiger partial charge in [0.1, 0.15) is 0 Å². The van der Waals surface area contributed by atoms with E-state index >= 15 is 0 Å². The van der Waals surface area contributed by atoms with Gasteiger partial charge in [-0.25, -0.2) is 0 Å². The third-order valence-corrected chi connectivity index (χ3v) is 4.22. The number of rotatable bonds is 4. The first-order chi connectivity index (χ1) is 9.46. The number of amides is 1. The van der Waals surface area contributed by atoms with Crippen molar-refractivity contribution in [3.63, 3.8) is 0 Å². The maximum absolute atomic E-state index is 12.3. The van der Waals surface area contributed by atoms with Gasteiger partial charge in [-0.1, -0.05) is 28.1 Å². The normalized spacial score (nSPS) is 18.7. The molecule has 2 rings (SSSR count). The summed E-state index contributed by atoms with van der Waals surface area (Å²) in [5.74, 6) is 0.298. The number of piperidine rings is 1. The second-order valence-corrected chi connectivity index (χ2v) is 7.14. The van der Waals surface area contributed by atoms with E-state index in [1.165, 1.54) is 5.56 Å². The number of nitrogens with one attached hydrogen (secondary N) is 2. The molecular weight excluding hydrogens is 352 g/mol. The van der Waals surface area contributed by atoms with Crippen molar-refractivity contribution >= 4 is 34.2 Å². The molecule has 0 aromatic heterocycles. The Hall–Kier alpha value is -0.580. The fourth-order valence-electron chi connectivity index (χ4n) is 2.67. The second kappa shape index (κ2) is 8.16. The van der Waals surface area contributed by atoms with E-state index in [9.17, 15) is 4.79 Å². The van der Waals surface area contributed by atoms with Crippen LogP contribution in [0.4, 0.5) is 0 Å². The third-order valence-electron chi connectivity index (χ3n) is 3.69. The lowest BCUT2D eigenvalue weighted by molar-refractivity contribution is -0.127. The van der Waals surface area contributed by atoms with Crippen LogP contribution in [0.2, 0.25) is 0 Å². The zero-order valence-electron chi connectivity index (χ0n) is 12.6. The summed E-state index contributed by atoms with van der Waals surface area (Å²) in [7, 11) is 0. The van der Waals surface area contributed by atoms with E-state index < -0.39 is 0 Å². The van der Waals surface area contributed by atoms with Crippen LogP contribution in [-0.2, 0) is 11.2 Å². The van der Waals surface area contributed by atoms with Crippen molar-refractivity contribution in [3.05, 3.63) is 34.3 Å². The maximum atomic E-state index is 12.3. The minimum atomic E-state index is -0.220. The highest BCUT2D eigenvalue weighted by molar-refractivity contribution is 9.10. The summed E-state index contributed by atoms with van der Waals surface area (Å²) < 4.78 is 1.08. The van der Waals surface area contributed by atoms with E-state index in [-0.39, 0.29) is 29.8 Å². The van der Waals surface area contributed by atoms with E-state index in [0.29, 0.717) is 0 Å². The molecule has 1 saturated heterocycles. The predicted octanol–water partition coefficient (Wildman–Crippen LogP) is 3.31. The van der Waals surface area contributed by atoms with Gasteiger partial charge in [0.05, 0.1) is 5.92 Å². The summed E-state index contributed by atoms with van der Waals surface area (Å²) in [4.78, 5) is 12.3. The van der Waals surface area contributed by atoms with E-state index in [2.05, 4.69) is 52.5 Å². The van der Waals surface area contributed by atoms with Gasteiger partial charge >= 0.3 is 0 Å². The highest BCUT2D eigenvalue weighted by Crippen LogP contribution is 2.18. The summed E-state index contributed by atoms with van der Waals surface area (Å²) in [6.07, 6.45) is 2.92. The largest absolute Gasteiger partial charge is 0.351 e. The molecule has 1 fully saturated rings. The van der Waals surface area contributed by atoms with Crippen molar-refractivity contribution in [2.24, 2.45) is 5.92 Å². The fraction of sp³-hybridized carbons (Fsp3) is 0.562. The van der Waals surface area contributed by atoms with Gasteiger partial charge in [0.15, 0.2) is 0 Å². The minimum absolute atomic E-state index is 0. The lowest BCUT2D eigenvalue weighted by Crippen LogP contribution is -2.50. The average molecular weight is 376 g/mol. The zero-order valence-corrected chi connectivity index (χ0v) is 15.0. The molecule has 1 heterocycles. The number of benzene rings is 1. The molecule has 1 aromatic rings. The zero-order chi connectivity index (χ0) is 14.6. The Bertz CT molecular complexity index is 456. The van der Waals surface area contributed by atoms with Gasteiger partial charge in [-0.2, -0.15) is 0 Å². The Morgan fingerprint density at radius 3 is 2.62 bits per heavy atom. The molecule has 1 aromatic carbocycles. The lowest BCUT2D eigenvalue weighted by atomic mass is 9.92. The quantitative estimate of drug-likeness (QED) is 0.847. The van der Waals surface area contributed by atoms with Crippen LogP contribution in [0.3, 0.4) is 0 Å². The van der Waals surface area contributed by atoms with Crippen molar-refractivity contribution in [2.75, 3.05) is 13.1 Å². The Labute approximate surface area is 141 Å². The molecule has 5 heteroatoms. The topological polar surface area (TPSA) is 41.1 Å². The molecule has 0 bridgehead atoms. The molecule has 0 saturated carbocycles. The van der Waals surface area contributed by atoms with Crippen LogP contribution >= 0.6 is 28.3 Å². The molecule has 3 nitrogen and oxygen atoms in total. The number of carbonyl (C=O) groups excluding carboxylic acids is 1. The molecule has 0 spiro atoms. The average Bonchev–Trinajstić information content (AvgIpc) is 2.41.